The Balaban J connectivity index is 3.42. The van der Waals surface area contributed by atoms with Gasteiger partial charge in [0, 0.05) is 19.1 Å². The molecule has 0 radical (unpaired) electrons. The van der Waals surface area contributed by atoms with Crippen molar-refractivity contribution in [1.82, 2.24) is 10.0 Å². The molecule has 6 heteroatoms. The molecule has 0 aromatic carbocycles. The Hall–Kier alpha value is -0.640. The molecule has 0 aliphatic rings. The Labute approximate surface area is 79.2 Å². The summed E-state index contributed by atoms with van der Waals surface area (Å²) in [5, 5.41) is 11.3. The monoisotopic (exact) mass is 205 g/mol. The zero-order valence-electron chi connectivity index (χ0n) is 7.87. The van der Waals surface area contributed by atoms with Crippen molar-refractivity contribution < 1.29 is 8.42 Å². The molecule has 0 spiro atoms. The van der Waals surface area contributed by atoms with Crippen molar-refractivity contribution in [3.8, 4) is 6.07 Å². The van der Waals surface area contributed by atoms with Crippen molar-refractivity contribution in [2.75, 3.05) is 19.3 Å². The van der Waals surface area contributed by atoms with Gasteiger partial charge in [-0.05, 0) is 6.92 Å². The average Bonchev–Trinajstić information content (AvgIpc) is 1.97. The van der Waals surface area contributed by atoms with Crippen LogP contribution in [0.25, 0.3) is 0 Å². The lowest BCUT2D eigenvalue weighted by Crippen LogP contribution is -2.35. The molecule has 0 aliphatic heterocycles. The van der Waals surface area contributed by atoms with Gasteiger partial charge in [-0.2, -0.15) is 5.26 Å². The van der Waals surface area contributed by atoms with Gasteiger partial charge in [0.05, 0.1) is 18.7 Å². The highest BCUT2D eigenvalue weighted by Gasteiger charge is 2.01. The number of rotatable bonds is 6. The van der Waals surface area contributed by atoms with Gasteiger partial charge in [-0.3, -0.25) is 0 Å². The molecule has 0 aromatic rings. The molecule has 13 heavy (non-hydrogen) atoms. The van der Waals surface area contributed by atoms with Crippen LogP contribution in [0.5, 0.6) is 0 Å². The number of hydrogen-bond donors (Lipinski definition) is 2. The summed E-state index contributed by atoms with van der Waals surface area (Å²) >= 11 is 0. The molecule has 2 N–H and O–H groups in total. The van der Waals surface area contributed by atoms with Gasteiger partial charge in [-0.1, -0.05) is 0 Å². The molecule has 0 saturated carbocycles. The number of nitriles is 1. The molecule has 0 bridgehead atoms. The molecule has 0 amide bonds. The van der Waals surface area contributed by atoms with E-state index in [9.17, 15) is 8.42 Å². The zero-order chi connectivity index (χ0) is 10.3. The molecule has 76 valence electrons. The first kappa shape index (κ1) is 12.4. The average molecular weight is 205 g/mol. The lowest BCUT2D eigenvalue weighted by Gasteiger charge is -2.09. The second-order valence-electron chi connectivity index (χ2n) is 2.88. The predicted octanol–water partition coefficient (Wildman–Crippen LogP) is -0.573. The third kappa shape index (κ3) is 9.27. The van der Waals surface area contributed by atoms with Crippen molar-refractivity contribution in [3.63, 3.8) is 0 Å². The van der Waals surface area contributed by atoms with Crippen LogP contribution in [0.15, 0.2) is 0 Å². The van der Waals surface area contributed by atoms with E-state index in [1.807, 2.05) is 13.0 Å². The summed E-state index contributed by atoms with van der Waals surface area (Å²) in [5.74, 6) is 0. The summed E-state index contributed by atoms with van der Waals surface area (Å²) in [6.07, 6.45) is 1.55. The molecule has 0 aliphatic carbocycles. The van der Waals surface area contributed by atoms with Gasteiger partial charge in [0.2, 0.25) is 10.0 Å². The van der Waals surface area contributed by atoms with E-state index in [2.05, 4.69) is 10.0 Å². The van der Waals surface area contributed by atoms with Gasteiger partial charge in [-0.15, -0.1) is 0 Å². The SMILES string of the molecule is CC(CC#N)NCCNS(C)(=O)=O. The normalized spacial score (nSPS) is 13.6. The van der Waals surface area contributed by atoms with Gasteiger partial charge < -0.3 is 5.32 Å². The van der Waals surface area contributed by atoms with E-state index in [4.69, 9.17) is 5.26 Å². The second kappa shape index (κ2) is 5.91. The first-order valence-corrected chi connectivity index (χ1v) is 5.90. The van der Waals surface area contributed by atoms with E-state index < -0.39 is 10.0 Å². The van der Waals surface area contributed by atoms with Gasteiger partial charge in [0.1, 0.15) is 0 Å². The minimum atomic E-state index is -3.09. The number of nitrogens with zero attached hydrogens (tertiary/aromatic N) is 1. The number of sulfonamides is 1. The fourth-order valence-electron chi connectivity index (χ4n) is 0.764. The number of nitrogens with one attached hydrogen (secondary N) is 2. The molecule has 1 unspecified atom stereocenters. The van der Waals surface area contributed by atoms with Crippen LogP contribution in [0, 0.1) is 11.3 Å². The maximum absolute atomic E-state index is 10.6. The van der Waals surface area contributed by atoms with E-state index in [-0.39, 0.29) is 6.04 Å². The van der Waals surface area contributed by atoms with Crippen molar-refractivity contribution in [1.29, 1.82) is 5.26 Å². The van der Waals surface area contributed by atoms with E-state index in [1.54, 1.807) is 0 Å². The zero-order valence-corrected chi connectivity index (χ0v) is 8.69. The number of hydrogen-bond acceptors (Lipinski definition) is 4. The van der Waals surface area contributed by atoms with Crippen LogP contribution in [0.2, 0.25) is 0 Å². The fourth-order valence-corrected chi connectivity index (χ4v) is 1.24. The molecule has 0 aromatic heterocycles. The predicted molar refractivity (Wildman–Crippen MR) is 50.5 cm³/mol. The van der Waals surface area contributed by atoms with Gasteiger partial charge in [0.15, 0.2) is 0 Å². The highest BCUT2D eigenvalue weighted by atomic mass is 32.2. The molecule has 0 fully saturated rings. The molecule has 5 nitrogen and oxygen atoms in total. The van der Waals surface area contributed by atoms with Crippen LogP contribution in [0.1, 0.15) is 13.3 Å². The lowest BCUT2D eigenvalue weighted by molar-refractivity contribution is 0.546. The smallest absolute Gasteiger partial charge is 0.208 e. The van der Waals surface area contributed by atoms with Gasteiger partial charge in [0.25, 0.3) is 0 Å². The molecular weight excluding hydrogens is 190 g/mol. The van der Waals surface area contributed by atoms with E-state index >= 15 is 0 Å². The standard InChI is InChI=1S/C7H15N3O2S/c1-7(3-4-8)9-5-6-10-13(2,11)12/h7,9-10H,3,5-6H2,1-2H3. The Morgan fingerprint density at radius 2 is 2.08 bits per heavy atom. The fraction of sp³-hybridized carbons (Fsp3) is 0.857. The van der Waals surface area contributed by atoms with Crippen molar-refractivity contribution in [2.45, 2.75) is 19.4 Å². The topological polar surface area (TPSA) is 82.0 Å². The first-order valence-electron chi connectivity index (χ1n) is 4.00. The summed E-state index contributed by atoms with van der Waals surface area (Å²) < 4.78 is 23.6. The molecule has 1 atom stereocenters. The Bertz CT molecular complexity index is 268. The summed E-state index contributed by atoms with van der Waals surface area (Å²) in [6, 6.07) is 2.13. The van der Waals surface area contributed by atoms with Crippen LogP contribution in [0.4, 0.5) is 0 Å². The summed E-state index contributed by atoms with van der Waals surface area (Å²) in [5.41, 5.74) is 0. The highest BCUT2D eigenvalue weighted by Crippen LogP contribution is 1.85. The van der Waals surface area contributed by atoms with Crippen molar-refractivity contribution >= 4 is 10.0 Å². The van der Waals surface area contributed by atoms with Crippen molar-refractivity contribution in [3.05, 3.63) is 0 Å². The van der Waals surface area contributed by atoms with Crippen LogP contribution in [-0.4, -0.2) is 33.8 Å². The first-order chi connectivity index (χ1) is 5.95. The van der Waals surface area contributed by atoms with Gasteiger partial charge >= 0.3 is 0 Å². The second-order valence-corrected chi connectivity index (χ2v) is 4.72. The quantitative estimate of drug-likeness (QED) is 0.569. The van der Waals surface area contributed by atoms with E-state index in [0.717, 1.165) is 6.26 Å². The largest absolute Gasteiger partial charge is 0.312 e. The molecule has 0 saturated heterocycles. The molecular formula is C7H15N3O2S. The Kier molecular flexibility index (Phi) is 5.62. The highest BCUT2D eigenvalue weighted by molar-refractivity contribution is 7.88. The summed E-state index contributed by atoms with van der Waals surface area (Å²) in [7, 11) is -3.09. The minimum Gasteiger partial charge on any atom is -0.312 e. The van der Waals surface area contributed by atoms with E-state index in [1.165, 1.54) is 0 Å². The van der Waals surface area contributed by atoms with Gasteiger partial charge in [-0.25, -0.2) is 13.1 Å². The van der Waals surface area contributed by atoms with Crippen molar-refractivity contribution in [2.24, 2.45) is 0 Å². The van der Waals surface area contributed by atoms with Crippen LogP contribution < -0.4 is 10.0 Å². The minimum absolute atomic E-state index is 0.103. The van der Waals surface area contributed by atoms with Crippen LogP contribution >= 0.6 is 0 Å². The summed E-state index contributed by atoms with van der Waals surface area (Å²) in [6.45, 7) is 2.77. The molecule has 0 rings (SSSR count). The van der Waals surface area contributed by atoms with Crippen LogP contribution in [-0.2, 0) is 10.0 Å². The third-order valence-corrected chi connectivity index (χ3v) is 2.11. The maximum atomic E-state index is 10.6. The lowest BCUT2D eigenvalue weighted by atomic mass is 10.2. The van der Waals surface area contributed by atoms with E-state index in [0.29, 0.717) is 19.5 Å². The third-order valence-electron chi connectivity index (χ3n) is 1.38. The maximum Gasteiger partial charge on any atom is 0.208 e. The van der Waals surface area contributed by atoms with Crippen LogP contribution in [0.3, 0.4) is 0 Å². The Morgan fingerprint density at radius 3 is 2.54 bits per heavy atom. The molecule has 0 heterocycles. The Morgan fingerprint density at radius 1 is 1.46 bits per heavy atom. The summed E-state index contributed by atoms with van der Waals surface area (Å²) in [4.78, 5) is 0.